The highest BCUT2D eigenvalue weighted by molar-refractivity contribution is 7.99. The number of hydrogen-bond acceptors (Lipinski definition) is 4. The molecule has 0 saturated carbocycles. The van der Waals surface area contributed by atoms with E-state index in [0.29, 0.717) is 16.3 Å². The normalized spacial score (nSPS) is 10.3. The SMILES string of the molecule is CNC(=O)c1cc(NC(=O)Nc2cccc(Sc3c(F)cccc3F)c2)ccn1. The molecule has 0 aliphatic heterocycles. The highest BCUT2D eigenvalue weighted by Crippen LogP contribution is 2.33. The molecule has 0 radical (unpaired) electrons. The van der Waals surface area contributed by atoms with Gasteiger partial charge in [0, 0.05) is 29.5 Å². The average molecular weight is 414 g/mol. The molecule has 0 bridgehead atoms. The predicted octanol–water partition coefficient (Wildman–Crippen LogP) is 4.51. The van der Waals surface area contributed by atoms with Gasteiger partial charge in [0.05, 0.1) is 4.90 Å². The number of carbonyl (C=O) groups excluding carboxylic acids is 2. The Kier molecular flexibility index (Phi) is 6.40. The van der Waals surface area contributed by atoms with Gasteiger partial charge in [0.25, 0.3) is 5.91 Å². The average Bonchev–Trinajstić information content (AvgIpc) is 2.70. The molecule has 2 aromatic carbocycles. The number of anilines is 2. The van der Waals surface area contributed by atoms with Gasteiger partial charge in [-0.05, 0) is 42.5 Å². The van der Waals surface area contributed by atoms with Crippen LogP contribution in [0.1, 0.15) is 10.5 Å². The molecule has 1 aromatic heterocycles. The third-order valence-electron chi connectivity index (χ3n) is 3.71. The molecule has 3 amide bonds. The fourth-order valence-electron chi connectivity index (χ4n) is 2.39. The van der Waals surface area contributed by atoms with Gasteiger partial charge in [-0.3, -0.25) is 9.78 Å². The minimum atomic E-state index is -0.657. The van der Waals surface area contributed by atoms with Crippen molar-refractivity contribution in [3.8, 4) is 0 Å². The molecular formula is C20H16F2N4O2S. The summed E-state index contributed by atoms with van der Waals surface area (Å²) in [6, 6.07) is 12.7. The van der Waals surface area contributed by atoms with Crippen molar-refractivity contribution in [2.24, 2.45) is 0 Å². The number of nitrogens with one attached hydrogen (secondary N) is 3. The first-order valence-electron chi connectivity index (χ1n) is 8.44. The summed E-state index contributed by atoms with van der Waals surface area (Å²) in [7, 11) is 1.48. The second kappa shape index (κ2) is 9.16. The fraction of sp³-hybridized carbons (Fsp3) is 0.0500. The first kappa shape index (κ1) is 20.3. The van der Waals surface area contributed by atoms with Crippen LogP contribution in [0.5, 0.6) is 0 Å². The van der Waals surface area contributed by atoms with Crippen molar-refractivity contribution in [1.82, 2.24) is 10.3 Å². The minimum absolute atomic E-state index is 0.118. The molecule has 9 heteroatoms. The summed E-state index contributed by atoms with van der Waals surface area (Å²) in [6.07, 6.45) is 1.40. The van der Waals surface area contributed by atoms with E-state index in [-0.39, 0.29) is 16.5 Å². The van der Waals surface area contributed by atoms with Gasteiger partial charge in [-0.15, -0.1) is 0 Å². The lowest BCUT2D eigenvalue weighted by atomic mass is 10.3. The van der Waals surface area contributed by atoms with Gasteiger partial charge < -0.3 is 16.0 Å². The maximum absolute atomic E-state index is 13.8. The smallest absolute Gasteiger partial charge is 0.323 e. The van der Waals surface area contributed by atoms with E-state index in [2.05, 4.69) is 20.9 Å². The topological polar surface area (TPSA) is 83.1 Å². The summed E-state index contributed by atoms with van der Waals surface area (Å²) in [5.74, 6) is -1.69. The van der Waals surface area contributed by atoms with Crippen LogP contribution in [-0.2, 0) is 0 Å². The highest BCUT2D eigenvalue weighted by Gasteiger charge is 2.11. The zero-order valence-electron chi connectivity index (χ0n) is 15.2. The monoisotopic (exact) mass is 414 g/mol. The van der Waals surface area contributed by atoms with Crippen LogP contribution in [0, 0.1) is 11.6 Å². The molecule has 148 valence electrons. The van der Waals surface area contributed by atoms with Gasteiger partial charge in [-0.25, -0.2) is 13.6 Å². The molecule has 29 heavy (non-hydrogen) atoms. The van der Waals surface area contributed by atoms with Gasteiger partial charge in [0.15, 0.2) is 0 Å². The Bertz CT molecular complexity index is 1040. The Morgan fingerprint density at radius 3 is 2.28 bits per heavy atom. The molecular weight excluding hydrogens is 398 g/mol. The summed E-state index contributed by atoms with van der Waals surface area (Å²) in [6.45, 7) is 0. The molecule has 0 fully saturated rings. The number of rotatable bonds is 5. The summed E-state index contributed by atoms with van der Waals surface area (Å²) in [5, 5.41) is 7.69. The fourth-order valence-corrected chi connectivity index (χ4v) is 3.29. The molecule has 1 heterocycles. The van der Waals surface area contributed by atoms with Crippen LogP contribution in [-0.4, -0.2) is 24.0 Å². The Morgan fingerprint density at radius 2 is 1.59 bits per heavy atom. The predicted molar refractivity (Wildman–Crippen MR) is 107 cm³/mol. The van der Waals surface area contributed by atoms with Gasteiger partial charge in [-0.2, -0.15) is 0 Å². The lowest BCUT2D eigenvalue weighted by Crippen LogP contribution is -2.21. The molecule has 0 atom stereocenters. The largest absolute Gasteiger partial charge is 0.354 e. The maximum Gasteiger partial charge on any atom is 0.323 e. The van der Waals surface area contributed by atoms with Crippen LogP contribution < -0.4 is 16.0 Å². The molecule has 6 nitrogen and oxygen atoms in total. The van der Waals surface area contributed by atoms with Crippen LogP contribution in [0.25, 0.3) is 0 Å². The molecule has 3 rings (SSSR count). The first-order valence-corrected chi connectivity index (χ1v) is 9.26. The molecule has 0 saturated heterocycles. The maximum atomic E-state index is 13.8. The minimum Gasteiger partial charge on any atom is -0.354 e. The van der Waals surface area contributed by atoms with Crippen LogP contribution in [0.15, 0.2) is 70.6 Å². The number of pyridine rings is 1. The third-order valence-corrected chi connectivity index (χ3v) is 4.79. The van der Waals surface area contributed by atoms with Gasteiger partial charge >= 0.3 is 6.03 Å². The van der Waals surface area contributed by atoms with E-state index < -0.39 is 17.7 Å². The van der Waals surface area contributed by atoms with Gasteiger partial charge in [0.2, 0.25) is 0 Å². The van der Waals surface area contributed by atoms with Crippen LogP contribution in [0.3, 0.4) is 0 Å². The van der Waals surface area contributed by atoms with Gasteiger partial charge in [-0.1, -0.05) is 23.9 Å². The second-order valence-electron chi connectivity index (χ2n) is 5.77. The van der Waals surface area contributed by atoms with E-state index in [1.54, 1.807) is 30.3 Å². The zero-order valence-corrected chi connectivity index (χ0v) is 16.0. The molecule has 0 aliphatic rings. The Morgan fingerprint density at radius 1 is 0.931 bits per heavy atom. The Hall–Kier alpha value is -3.46. The van der Waals surface area contributed by atoms with Crippen molar-refractivity contribution in [3.05, 3.63) is 78.1 Å². The number of nitrogens with zero attached hydrogens (tertiary/aromatic N) is 1. The summed E-state index contributed by atoms with van der Waals surface area (Å²) in [5.41, 5.74) is 0.982. The van der Waals surface area contributed by atoms with Crippen molar-refractivity contribution >= 4 is 35.1 Å². The van der Waals surface area contributed by atoms with Crippen molar-refractivity contribution < 1.29 is 18.4 Å². The zero-order chi connectivity index (χ0) is 20.8. The number of benzene rings is 2. The number of carbonyl (C=O) groups is 2. The van der Waals surface area contributed by atoms with E-state index >= 15 is 0 Å². The summed E-state index contributed by atoms with van der Waals surface area (Å²) in [4.78, 5) is 28.2. The number of amides is 3. The third kappa shape index (κ3) is 5.29. The Labute approximate surface area is 169 Å². The van der Waals surface area contributed by atoms with E-state index in [1.165, 1.54) is 37.5 Å². The molecule has 0 unspecified atom stereocenters. The van der Waals surface area contributed by atoms with Crippen LogP contribution >= 0.6 is 11.8 Å². The van der Waals surface area contributed by atoms with E-state index in [4.69, 9.17) is 0 Å². The Balaban J connectivity index is 1.69. The van der Waals surface area contributed by atoms with Crippen molar-refractivity contribution in [2.45, 2.75) is 9.79 Å². The molecule has 3 N–H and O–H groups in total. The van der Waals surface area contributed by atoms with Crippen molar-refractivity contribution in [3.63, 3.8) is 0 Å². The number of halogens is 2. The molecule has 0 spiro atoms. The van der Waals surface area contributed by atoms with E-state index in [1.807, 2.05) is 0 Å². The van der Waals surface area contributed by atoms with E-state index in [0.717, 1.165) is 11.8 Å². The molecule has 3 aromatic rings. The van der Waals surface area contributed by atoms with Crippen molar-refractivity contribution in [2.75, 3.05) is 17.7 Å². The number of aromatic nitrogens is 1. The lowest BCUT2D eigenvalue weighted by Gasteiger charge is -2.10. The summed E-state index contributed by atoms with van der Waals surface area (Å²) >= 11 is 0.919. The van der Waals surface area contributed by atoms with Crippen molar-refractivity contribution in [1.29, 1.82) is 0 Å². The quantitative estimate of drug-likeness (QED) is 0.574. The number of urea groups is 1. The van der Waals surface area contributed by atoms with Crippen LogP contribution in [0.2, 0.25) is 0 Å². The van der Waals surface area contributed by atoms with E-state index in [9.17, 15) is 18.4 Å². The van der Waals surface area contributed by atoms with Gasteiger partial charge in [0.1, 0.15) is 17.3 Å². The second-order valence-corrected chi connectivity index (χ2v) is 6.85. The molecule has 0 aliphatic carbocycles. The first-order chi connectivity index (χ1) is 14.0. The summed E-state index contributed by atoms with van der Waals surface area (Å²) < 4.78 is 27.7. The highest BCUT2D eigenvalue weighted by atomic mass is 32.2. The number of hydrogen-bond donors (Lipinski definition) is 3. The van der Waals surface area contributed by atoms with Crippen LogP contribution in [0.4, 0.5) is 25.0 Å². The standard InChI is InChI=1S/C20H16F2N4O2S/c1-23-19(27)17-11-13(8-9-24-17)26-20(28)25-12-4-2-5-14(10-12)29-18-15(21)6-3-7-16(18)22/h2-11H,1H3,(H,23,27)(H2,24,25,26,28). The lowest BCUT2D eigenvalue weighted by molar-refractivity contribution is 0.0958.